The topological polar surface area (TPSA) is 101 Å². The SMILES string of the molecule is NNC(=O)[C@@H]1C(=O)Nc2ccccc2C1=O. The molecule has 0 saturated carbocycles. The highest BCUT2D eigenvalue weighted by Gasteiger charge is 2.39. The lowest BCUT2D eigenvalue weighted by Gasteiger charge is -2.21. The van der Waals surface area contributed by atoms with Gasteiger partial charge in [-0.15, -0.1) is 0 Å². The molecule has 1 aliphatic heterocycles. The third kappa shape index (κ3) is 1.45. The van der Waals surface area contributed by atoms with Gasteiger partial charge in [-0.05, 0) is 12.1 Å². The van der Waals surface area contributed by atoms with Gasteiger partial charge in [0.25, 0.3) is 5.91 Å². The lowest BCUT2D eigenvalue weighted by Crippen LogP contribution is -2.47. The van der Waals surface area contributed by atoms with Crippen LogP contribution in [0, 0.1) is 5.92 Å². The van der Waals surface area contributed by atoms with E-state index in [1.165, 1.54) is 0 Å². The van der Waals surface area contributed by atoms with Crippen LogP contribution < -0.4 is 16.6 Å². The van der Waals surface area contributed by atoms with Crippen molar-refractivity contribution in [1.82, 2.24) is 5.43 Å². The highest BCUT2D eigenvalue weighted by molar-refractivity contribution is 6.30. The molecule has 82 valence electrons. The molecule has 0 bridgehead atoms. The lowest BCUT2D eigenvalue weighted by molar-refractivity contribution is -0.130. The molecule has 0 aliphatic carbocycles. The van der Waals surface area contributed by atoms with E-state index in [2.05, 4.69) is 5.32 Å². The van der Waals surface area contributed by atoms with E-state index in [0.717, 1.165) is 0 Å². The average Bonchev–Trinajstić information content (AvgIpc) is 2.28. The summed E-state index contributed by atoms with van der Waals surface area (Å²) in [6.45, 7) is 0. The first-order valence-electron chi connectivity index (χ1n) is 4.59. The molecule has 0 aromatic heterocycles. The number of nitrogens with one attached hydrogen (secondary N) is 2. The number of nitrogens with two attached hydrogens (primary N) is 1. The number of hydrogen-bond acceptors (Lipinski definition) is 4. The Kier molecular flexibility index (Phi) is 2.41. The number of Topliss-reactive ketones (excluding diaryl/α,β-unsaturated/α-hetero) is 1. The van der Waals surface area contributed by atoms with Crippen molar-refractivity contribution in [2.75, 3.05) is 5.32 Å². The second-order valence-corrected chi connectivity index (χ2v) is 3.34. The third-order valence-corrected chi connectivity index (χ3v) is 2.38. The van der Waals surface area contributed by atoms with Crippen LogP contribution in [0.1, 0.15) is 10.4 Å². The van der Waals surface area contributed by atoms with Gasteiger partial charge < -0.3 is 5.32 Å². The maximum Gasteiger partial charge on any atom is 0.254 e. The molecule has 0 fully saturated rings. The van der Waals surface area contributed by atoms with E-state index < -0.39 is 23.5 Å². The predicted molar refractivity (Wildman–Crippen MR) is 55.2 cm³/mol. The summed E-state index contributed by atoms with van der Waals surface area (Å²) in [5.41, 5.74) is 2.54. The Morgan fingerprint density at radius 3 is 2.69 bits per heavy atom. The number of ketones is 1. The van der Waals surface area contributed by atoms with Crippen molar-refractivity contribution in [2.24, 2.45) is 11.8 Å². The molecule has 0 radical (unpaired) electrons. The summed E-state index contributed by atoms with van der Waals surface area (Å²) in [7, 11) is 0. The number of carbonyl (C=O) groups excluding carboxylic acids is 3. The van der Waals surface area contributed by atoms with Gasteiger partial charge in [-0.3, -0.25) is 19.8 Å². The maximum absolute atomic E-state index is 11.9. The molecule has 16 heavy (non-hydrogen) atoms. The van der Waals surface area contributed by atoms with Gasteiger partial charge >= 0.3 is 0 Å². The van der Waals surface area contributed by atoms with Gasteiger partial charge in [0.1, 0.15) is 0 Å². The third-order valence-electron chi connectivity index (χ3n) is 2.38. The van der Waals surface area contributed by atoms with E-state index >= 15 is 0 Å². The van der Waals surface area contributed by atoms with E-state index in [1.54, 1.807) is 29.7 Å². The van der Waals surface area contributed by atoms with Crippen LogP contribution in [0.15, 0.2) is 24.3 Å². The zero-order valence-electron chi connectivity index (χ0n) is 8.19. The van der Waals surface area contributed by atoms with E-state index in [9.17, 15) is 14.4 Å². The van der Waals surface area contributed by atoms with Crippen LogP contribution in [-0.2, 0) is 9.59 Å². The second-order valence-electron chi connectivity index (χ2n) is 3.34. The van der Waals surface area contributed by atoms with Crippen molar-refractivity contribution in [3.63, 3.8) is 0 Å². The molecule has 2 amide bonds. The molecule has 1 heterocycles. The Morgan fingerprint density at radius 2 is 2.00 bits per heavy atom. The first-order chi connectivity index (χ1) is 7.65. The number of amides is 2. The minimum absolute atomic E-state index is 0.315. The number of hydrazine groups is 1. The maximum atomic E-state index is 11.9. The van der Waals surface area contributed by atoms with Crippen molar-refractivity contribution in [1.29, 1.82) is 0 Å². The monoisotopic (exact) mass is 219 g/mol. The number of rotatable bonds is 1. The van der Waals surface area contributed by atoms with Crippen LogP contribution in [0.5, 0.6) is 0 Å². The Balaban J connectivity index is 2.46. The van der Waals surface area contributed by atoms with E-state index in [0.29, 0.717) is 11.3 Å². The summed E-state index contributed by atoms with van der Waals surface area (Å²) < 4.78 is 0. The molecule has 2 rings (SSSR count). The average molecular weight is 219 g/mol. The number of para-hydroxylation sites is 1. The van der Waals surface area contributed by atoms with Crippen LogP contribution in [0.2, 0.25) is 0 Å². The summed E-state index contributed by atoms with van der Waals surface area (Å²) in [5.74, 6) is 1.50. The van der Waals surface area contributed by atoms with Gasteiger partial charge in [0.2, 0.25) is 5.91 Å². The van der Waals surface area contributed by atoms with Crippen molar-refractivity contribution in [3.05, 3.63) is 29.8 Å². The Labute approximate surface area is 90.8 Å². The highest BCUT2D eigenvalue weighted by Crippen LogP contribution is 2.25. The Bertz CT molecular complexity index is 484. The number of benzene rings is 1. The normalized spacial score (nSPS) is 18.7. The van der Waals surface area contributed by atoms with E-state index in [1.807, 2.05) is 0 Å². The quantitative estimate of drug-likeness (QED) is 0.255. The minimum Gasteiger partial charge on any atom is -0.324 e. The first-order valence-corrected chi connectivity index (χ1v) is 4.59. The standard InChI is InChI=1S/C10H9N3O3/c11-13-10(16)7-8(14)5-3-1-2-4-6(5)12-9(7)15/h1-4,7H,11H2,(H,12,15)(H,13,16)/t7-/m0/s1. The number of fused-ring (bicyclic) bond motifs is 1. The fraction of sp³-hybridized carbons (Fsp3) is 0.100. The highest BCUT2D eigenvalue weighted by atomic mass is 16.2. The van der Waals surface area contributed by atoms with Gasteiger partial charge in [-0.2, -0.15) is 0 Å². The molecule has 0 saturated heterocycles. The van der Waals surface area contributed by atoms with Crippen molar-refractivity contribution in [3.8, 4) is 0 Å². The molecule has 1 aromatic carbocycles. The summed E-state index contributed by atoms with van der Waals surface area (Å²) in [6.07, 6.45) is 0. The molecule has 4 N–H and O–H groups in total. The van der Waals surface area contributed by atoms with E-state index in [4.69, 9.17) is 5.84 Å². The fourth-order valence-corrected chi connectivity index (χ4v) is 1.61. The van der Waals surface area contributed by atoms with Gasteiger partial charge in [-0.1, -0.05) is 12.1 Å². The van der Waals surface area contributed by atoms with E-state index in [-0.39, 0.29) is 0 Å². The Hall–Kier alpha value is -2.21. The predicted octanol–water partition coefficient (Wildman–Crippen LogP) is -0.573. The van der Waals surface area contributed by atoms with Gasteiger partial charge in [0, 0.05) is 5.56 Å². The number of hydrogen-bond donors (Lipinski definition) is 3. The molecule has 0 spiro atoms. The zero-order chi connectivity index (χ0) is 11.7. The van der Waals surface area contributed by atoms with Gasteiger partial charge in [0.05, 0.1) is 5.69 Å². The summed E-state index contributed by atoms with van der Waals surface area (Å²) in [6, 6.07) is 6.50. The van der Waals surface area contributed by atoms with Crippen molar-refractivity contribution >= 4 is 23.3 Å². The van der Waals surface area contributed by atoms with Crippen molar-refractivity contribution < 1.29 is 14.4 Å². The van der Waals surface area contributed by atoms with Crippen molar-refractivity contribution in [2.45, 2.75) is 0 Å². The molecule has 1 aliphatic rings. The number of anilines is 1. The smallest absolute Gasteiger partial charge is 0.254 e. The van der Waals surface area contributed by atoms with Gasteiger partial charge in [-0.25, -0.2) is 5.84 Å². The second kappa shape index (κ2) is 3.74. The van der Waals surface area contributed by atoms with Crippen LogP contribution in [0.4, 0.5) is 5.69 Å². The largest absolute Gasteiger partial charge is 0.324 e. The molecule has 0 unspecified atom stereocenters. The Morgan fingerprint density at radius 1 is 1.31 bits per heavy atom. The molecular formula is C10H9N3O3. The first kappa shape index (κ1) is 10.3. The molecule has 6 nitrogen and oxygen atoms in total. The van der Waals surface area contributed by atoms with Crippen LogP contribution in [-0.4, -0.2) is 17.6 Å². The minimum atomic E-state index is -1.40. The summed E-state index contributed by atoms with van der Waals surface area (Å²) >= 11 is 0. The number of carbonyl (C=O) groups is 3. The fourth-order valence-electron chi connectivity index (χ4n) is 1.61. The molecule has 1 aromatic rings. The summed E-state index contributed by atoms with van der Waals surface area (Å²) in [5, 5.41) is 2.48. The van der Waals surface area contributed by atoms with Crippen LogP contribution in [0.3, 0.4) is 0 Å². The molecule has 1 atom stereocenters. The molecule has 6 heteroatoms. The van der Waals surface area contributed by atoms with Crippen LogP contribution >= 0.6 is 0 Å². The van der Waals surface area contributed by atoms with Gasteiger partial charge in [0.15, 0.2) is 11.7 Å². The summed E-state index contributed by atoms with van der Waals surface area (Å²) in [4.78, 5) is 34.6. The van der Waals surface area contributed by atoms with Crippen LogP contribution in [0.25, 0.3) is 0 Å². The zero-order valence-corrected chi connectivity index (χ0v) is 8.19. The lowest BCUT2D eigenvalue weighted by atomic mass is 9.91. The molecular weight excluding hydrogens is 210 g/mol.